The summed E-state index contributed by atoms with van der Waals surface area (Å²) in [5.41, 5.74) is 3.54. The van der Waals surface area contributed by atoms with Crippen LogP contribution in [0.3, 0.4) is 0 Å². The Morgan fingerprint density at radius 1 is 1.31 bits per heavy atom. The fourth-order valence-electron chi connectivity index (χ4n) is 4.10. The molecule has 1 atom stereocenters. The Morgan fingerprint density at radius 3 is 2.62 bits per heavy atom. The number of amides is 3. The van der Waals surface area contributed by atoms with Gasteiger partial charge in [-0.05, 0) is 50.3 Å². The Hall–Kier alpha value is -2.50. The molecule has 6 nitrogen and oxygen atoms in total. The molecule has 1 unspecified atom stereocenters. The number of hydrogen-bond acceptors (Lipinski definition) is 4. The number of carbonyl (C=O) groups excluding carboxylic acids is 2. The highest BCUT2D eigenvalue weighted by atomic mass is 16.5. The van der Waals surface area contributed by atoms with E-state index in [1.807, 2.05) is 0 Å². The second-order valence-electron chi connectivity index (χ2n) is 7.69. The largest absolute Gasteiger partial charge is 0.496 e. The van der Waals surface area contributed by atoms with Crippen LogP contribution in [0.25, 0.3) is 6.08 Å². The molecular formula is C20H27N3O3. The van der Waals surface area contributed by atoms with Crippen molar-refractivity contribution in [2.75, 3.05) is 18.6 Å². The van der Waals surface area contributed by atoms with Crippen LogP contribution in [0.1, 0.15) is 57.6 Å². The number of ether oxygens (including phenoxy) is 1. The summed E-state index contributed by atoms with van der Waals surface area (Å²) in [5.74, 6) is 0.663. The fraction of sp³-hybridized carbons (Fsp3) is 0.500. The average molecular weight is 357 g/mol. The maximum absolute atomic E-state index is 11.9. The number of rotatable bonds is 4. The SMILES string of the molecule is CCCN1c2cc(OC)c(/C=C3\NC(=O)NC3=O)cc2C(C)CC1(C)C. The highest BCUT2D eigenvalue weighted by molar-refractivity contribution is 6.14. The lowest BCUT2D eigenvalue weighted by Gasteiger charge is -2.47. The van der Waals surface area contributed by atoms with Gasteiger partial charge in [0, 0.05) is 29.4 Å². The van der Waals surface area contributed by atoms with Crippen LogP contribution in [0.2, 0.25) is 0 Å². The summed E-state index contributed by atoms with van der Waals surface area (Å²) < 4.78 is 5.60. The lowest BCUT2D eigenvalue weighted by Crippen LogP contribution is -2.48. The van der Waals surface area contributed by atoms with Crippen LogP contribution < -0.4 is 20.3 Å². The maximum atomic E-state index is 11.9. The molecule has 2 N–H and O–H groups in total. The van der Waals surface area contributed by atoms with Crippen LogP contribution in [0.5, 0.6) is 5.75 Å². The molecule has 3 rings (SSSR count). The average Bonchev–Trinajstić information content (AvgIpc) is 2.88. The lowest BCUT2D eigenvalue weighted by molar-refractivity contribution is -0.115. The fourth-order valence-corrected chi connectivity index (χ4v) is 4.10. The van der Waals surface area contributed by atoms with Crippen LogP contribution in [0.15, 0.2) is 17.8 Å². The molecule has 0 aliphatic carbocycles. The predicted octanol–water partition coefficient (Wildman–Crippen LogP) is 3.38. The van der Waals surface area contributed by atoms with Gasteiger partial charge in [0.05, 0.1) is 7.11 Å². The smallest absolute Gasteiger partial charge is 0.326 e. The Kier molecular flexibility index (Phi) is 4.69. The Morgan fingerprint density at radius 2 is 2.04 bits per heavy atom. The molecular weight excluding hydrogens is 330 g/mol. The third-order valence-corrected chi connectivity index (χ3v) is 5.20. The quantitative estimate of drug-likeness (QED) is 0.640. The van der Waals surface area contributed by atoms with Gasteiger partial charge < -0.3 is 15.0 Å². The molecule has 1 fully saturated rings. The number of carbonyl (C=O) groups is 2. The van der Waals surface area contributed by atoms with Crippen molar-refractivity contribution >= 4 is 23.7 Å². The number of anilines is 1. The number of urea groups is 1. The predicted molar refractivity (Wildman–Crippen MR) is 102 cm³/mol. The van der Waals surface area contributed by atoms with Gasteiger partial charge in [-0.1, -0.05) is 13.8 Å². The van der Waals surface area contributed by atoms with Gasteiger partial charge in [0.15, 0.2) is 0 Å². The van der Waals surface area contributed by atoms with Crippen LogP contribution >= 0.6 is 0 Å². The van der Waals surface area contributed by atoms with Gasteiger partial charge >= 0.3 is 6.03 Å². The number of imide groups is 1. The minimum absolute atomic E-state index is 0.0761. The molecule has 2 heterocycles. The van der Waals surface area contributed by atoms with E-state index < -0.39 is 11.9 Å². The normalized spacial score (nSPS) is 22.9. The van der Waals surface area contributed by atoms with Crippen molar-refractivity contribution in [2.45, 2.75) is 52.0 Å². The maximum Gasteiger partial charge on any atom is 0.326 e. The van der Waals surface area contributed by atoms with Gasteiger partial charge in [0.25, 0.3) is 5.91 Å². The van der Waals surface area contributed by atoms with Crippen molar-refractivity contribution in [3.63, 3.8) is 0 Å². The van der Waals surface area contributed by atoms with Crippen molar-refractivity contribution in [1.82, 2.24) is 10.6 Å². The van der Waals surface area contributed by atoms with E-state index in [4.69, 9.17) is 4.74 Å². The summed E-state index contributed by atoms with van der Waals surface area (Å²) >= 11 is 0. The second kappa shape index (κ2) is 6.67. The van der Waals surface area contributed by atoms with E-state index in [1.54, 1.807) is 13.2 Å². The van der Waals surface area contributed by atoms with Gasteiger partial charge in [-0.2, -0.15) is 0 Å². The van der Waals surface area contributed by atoms with Gasteiger partial charge in [0.1, 0.15) is 11.4 Å². The molecule has 0 aromatic heterocycles. The Labute approximate surface area is 154 Å². The zero-order chi connectivity index (χ0) is 19.1. The zero-order valence-electron chi connectivity index (χ0n) is 16.1. The van der Waals surface area contributed by atoms with Crippen molar-refractivity contribution in [3.05, 3.63) is 29.0 Å². The molecule has 140 valence electrons. The van der Waals surface area contributed by atoms with E-state index in [0.717, 1.165) is 24.9 Å². The number of methoxy groups -OCH3 is 1. The minimum Gasteiger partial charge on any atom is -0.496 e. The van der Waals surface area contributed by atoms with Crippen molar-refractivity contribution in [2.24, 2.45) is 0 Å². The van der Waals surface area contributed by atoms with Crippen LogP contribution in [0, 0.1) is 0 Å². The van der Waals surface area contributed by atoms with Crippen molar-refractivity contribution in [3.8, 4) is 5.75 Å². The van der Waals surface area contributed by atoms with Crippen molar-refractivity contribution < 1.29 is 14.3 Å². The number of hydrogen-bond donors (Lipinski definition) is 2. The molecule has 6 heteroatoms. The van der Waals surface area contributed by atoms with E-state index in [1.165, 1.54) is 11.3 Å². The third kappa shape index (κ3) is 3.16. The van der Waals surface area contributed by atoms with E-state index in [0.29, 0.717) is 11.7 Å². The van der Waals surface area contributed by atoms with Crippen LogP contribution in [-0.4, -0.2) is 31.1 Å². The summed E-state index contributed by atoms with van der Waals surface area (Å²) in [6.45, 7) is 9.96. The first-order chi connectivity index (χ1) is 12.3. The van der Waals surface area contributed by atoms with Gasteiger partial charge in [-0.25, -0.2) is 4.79 Å². The van der Waals surface area contributed by atoms with Crippen molar-refractivity contribution in [1.29, 1.82) is 0 Å². The number of fused-ring (bicyclic) bond motifs is 1. The molecule has 2 aliphatic rings. The van der Waals surface area contributed by atoms with E-state index in [9.17, 15) is 9.59 Å². The molecule has 1 aromatic rings. The third-order valence-electron chi connectivity index (χ3n) is 5.20. The molecule has 26 heavy (non-hydrogen) atoms. The minimum atomic E-state index is -0.498. The summed E-state index contributed by atoms with van der Waals surface area (Å²) in [6.07, 6.45) is 3.80. The Balaban J connectivity index is 2.11. The van der Waals surface area contributed by atoms with E-state index in [2.05, 4.69) is 55.4 Å². The first-order valence-electron chi connectivity index (χ1n) is 9.10. The highest BCUT2D eigenvalue weighted by Gasteiger charge is 2.36. The lowest BCUT2D eigenvalue weighted by atomic mass is 9.79. The summed E-state index contributed by atoms with van der Waals surface area (Å²) in [7, 11) is 1.62. The topological polar surface area (TPSA) is 70.7 Å². The monoisotopic (exact) mass is 357 g/mol. The number of nitrogens with zero attached hydrogens (tertiary/aromatic N) is 1. The molecule has 1 saturated heterocycles. The first kappa shape index (κ1) is 18.3. The Bertz CT molecular complexity index is 783. The van der Waals surface area contributed by atoms with E-state index in [-0.39, 0.29) is 11.2 Å². The second-order valence-corrected chi connectivity index (χ2v) is 7.69. The standard InChI is InChI=1S/C20H27N3O3/c1-6-7-23-16-10-17(26-5)13(9-15-18(24)22-19(25)21-15)8-14(16)12(2)11-20(23,3)4/h8-10,12H,6-7,11H2,1-5H3,(H2,21,22,24,25)/b15-9-. The molecule has 0 saturated carbocycles. The van der Waals surface area contributed by atoms with Crippen LogP contribution in [0.4, 0.5) is 10.5 Å². The molecule has 0 radical (unpaired) electrons. The number of benzene rings is 1. The number of nitrogens with one attached hydrogen (secondary N) is 2. The molecule has 0 spiro atoms. The molecule has 3 amide bonds. The molecule has 2 aliphatic heterocycles. The summed E-state index contributed by atoms with van der Waals surface area (Å²) in [5, 5.41) is 4.76. The van der Waals surface area contributed by atoms with Gasteiger partial charge in [-0.3, -0.25) is 10.1 Å². The van der Waals surface area contributed by atoms with Gasteiger partial charge in [0.2, 0.25) is 0 Å². The zero-order valence-corrected chi connectivity index (χ0v) is 16.1. The molecule has 1 aromatic carbocycles. The summed E-state index contributed by atoms with van der Waals surface area (Å²) in [4.78, 5) is 25.7. The van der Waals surface area contributed by atoms with Gasteiger partial charge in [-0.15, -0.1) is 0 Å². The van der Waals surface area contributed by atoms with Crippen LogP contribution in [-0.2, 0) is 4.79 Å². The molecule has 0 bridgehead atoms. The highest BCUT2D eigenvalue weighted by Crippen LogP contribution is 2.46. The first-order valence-corrected chi connectivity index (χ1v) is 9.10. The summed E-state index contributed by atoms with van der Waals surface area (Å²) in [6, 6.07) is 3.65. The van der Waals surface area contributed by atoms with E-state index >= 15 is 0 Å².